The number of benzene rings is 1. The number of pyridine rings is 1. The molecule has 17 heavy (non-hydrogen) atoms. The van der Waals surface area contributed by atoms with Gasteiger partial charge in [0, 0.05) is 5.39 Å². The van der Waals surface area contributed by atoms with E-state index in [4.69, 9.17) is 0 Å². The lowest BCUT2D eigenvalue weighted by molar-refractivity contribution is -0.129. The number of carbonyl (C=O) groups is 1. The van der Waals surface area contributed by atoms with Crippen molar-refractivity contribution in [2.75, 3.05) is 19.0 Å². The first-order chi connectivity index (χ1) is 8.29. The molecule has 0 radical (unpaired) electrons. The zero-order chi connectivity index (χ0) is 12.1. The smallest absolute Gasteiger partial charge is 0.262 e. The van der Waals surface area contributed by atoms with Crippen LogP contribution in [-0.4, -0.2) is 24.5 Å². The van der Waals surface area contributed by atoms with Crippen LogP contribution in [0.5, 0.6) is 0 Å². The van der Waals surface area contributed by atoms with Crippen LogP contribution in [0.2, 0.25) is 0 Å². The third-order valence-corrected chi connectivity index (χ3v) is 2.26. The van der Waals surface area contributed by atoms with Crippen molar-refractivity contribution < 1.29 is 9.63 Å². The number of hydroxylamine groups is 1. The molecule has 0 aliphatic heterocycles. The summed E-state index contributed by atoms with van der Waals surface area (Å²) in [6.07, 6.45) is 1.70. The number of nitrogens with zero attached hydrogens (tertiary/aromatic N) is 1. The molecule has 0 aliphatic carbocycles. The van der Waals surface area contributed by atoms with Crippen LogP contribution in [0.4, 0.5) is 5.69 Å². The summed E-state index contributed by atoms with van der Waals surface area (Å²) in [4.78, 5) is 19.9. The van der Waals surface area contributed by atoms with Crippen molar-refractivity contribution in [1.29, 1.82) is 0 Å². The molecule has 0 saturated carbocycles. The molecule has 0 saturated heterocycles. The summed E-state index contributed by atoms with van der Waals surface area (Å²) in [7, 11) is 1.40. The largest absolute Gasteiger partial charge is 0.375 e. The number of carbonyl (C=O) groups excluding carboxylic acids is 1. The first-order valence-corrected chi connectivity index (χ1v) is 5.20. The molecule has 0 aliphatic rings. The third-order valence-electron chi connectivity index (χ3n) is 2.26. The summed E-state index contributed by atoms with van der Waals surface area (Å²) in [6.45, 7) is 0.147. The van der Waals surface area contributed by atoms with Gasteiger partial charge in [-0.3, -0.25) is 14.6 Å². The Morgan fingerprint density at radius 2 is 2.24 bits per heavy atom. The summed E-state index contributed by atoms with van der Waals surface area (Å²) in [6, 6.07) is 9.75. The van der Waals surface area contributed by atoms with Gasteiger partial charge in [-0.05, 0) is 12.1 Å². The fourth-order valence-corrected chi connectivity index (χ4v) is 1.50. The van der Waals surface area contributed by atoms with Gasteiger partial charge < -0.3 is 5.32 Å². The Bertz CT molecular complexity index is 528. The van der Waals surface area contributed by atoms with Crippen LogP contribution in [0.1, 0.15) is 0 Å². The Labute approximate surface area is 98.8 Å². The van der Waals surface area contributed by atoms with Gasteiger partial charge in [0.1, 0.15) is 0 Å². The molecule has 0 unspecified atom stereocenters. The van der Waals surface area contributed by atoms with Gasteiger partial charge in [0.2, 0.25) is 0 Å². The van der Waals surface area contributed by atoms with Gasteiger partial charge in [0.15, 0.2) is 0 Å². The number of para-hydroxylation sites is 1. The minimum atomic E-state index is -0.236. The minimum absolute atomic E-state index is 0.147. The van der Waals surface area contributed by atoms with Gasteiger partial charge in [-0.1, -0.05) is 18.2 Å². The Balaban J connectivity index is 2.06. The van der Waals surface area contributed by atoms with E-state index < -0.39 is 0 Å². The first-order valence-electron chi connectivity index (χ1n) is 5.20. The quantitative estimate of drug-likeness (QED) is 0.779. The lowest BCUT2D eigenvalue weighted by Gasteiger charge is -2.06. The second-order valence-corrected chi connectivity index (χ2v) is 3.50. The van der Waals surface area contributed by atoms with Crippen molar-refractivity contribution in [2.45, 2.75) is 0 Å². The molecule has 0 atom stereocenters. The van der Waals surface area contributed by atoms with E-state index in [1.807, 2.05) is 30.3 Å². The number of hydrogen-bond acceptors (Lipinski definition) is 4. The van der Waals surface area contributed by atoms with Crippen LogP contribution in [0.3, 0.4) is 0 Å². The van der Waals surface area contributed by atoms with E-state index in [-0.39, 0.29) is 12.5 Å². The SMILES string of the molecule is CONC(=O)CNc1cnc2ccccc2c1. The molecular weight excluding hydrogens is 218 g/mol. The van der Waals surface area contributed by atoms with Crippen LogP contribution in [-0.2, 0) is 9.63 Å². The number of rotatable bonds is 4. The summed E-state index contributed by atoms with van der Waals surface area (Å²) in [5.74, 6) is -0.236. The summed E-state index contributed by atoms with van der Waals surface area (Å²) >= 11 is 0. The molecule has 0 bridgehead atoms. The predicted octanol–water partition coefficient (Wildman–Crippen LogP) is 1.32. The summed E-state index contributed by atoms with van der Waals surface area (Å²) < 4.78 is 0. The van der Waals surface area contributed by atoms with E-state index in [9.17, 15) is 4.79 Å². The molecular formula is C12H13N3O2. The normalized spacial score (nSPS) is 10.2. The monoisotopic (exact) mass is 231 g/mol. The average molecular weight is 231 g/mol. The van der Waals surface area contributed by atoms with Crippen molar-refractivity contribution >= 4 is 22.5 Å². The average Bonchev–Trinajstić information content (AvgIpc) is 2.36. The van der Waals surface area contributed by atoms with Gasteiger partial charge in [0.05, 0.1) is 31.1 Å². The Hall–Kier alpha value is -2.14. The van der Waals surface area contributed by atoms with E-state index >= 15 is 0 Å². The third kappa shape index (κ3) is 2.92. The van der Waals surface area contributed by atoms with E-state index in [0.29, 0.717) is 0 Å². The highest BCUT2D eigenvalue weighted by atomic mass is 16.6. The van der Waals surface area contributed by atoms with Crippen LogP contribution in [0.25, 0.3) is 10.9 Å². The first kappa shape index (κ1) is 11.3. The Kier molecular flexibility index (Phi) is 3.52. The molecule has 2 rings (SSSR count). The number of fused-ring (bicyclic) bond motifs is 1. The molecule has 1 heterocycles. The number of aromatic nitrogens is 1. The highest BCUT2D eigenvalue weighted by Crippen LogP contribution is 2.15. The lowest BCUT2D eigenvalue weighted by Crippen LogP contribution is -2.28. The van der Waals surface area contributed by atoms with Crippen molar-refractivity contribution in [2.24, 2.45) is 0 Å². The van der Waals surface area contributed by atoms with Crippen molar-refractivity contribution in [3.63, 3.8) is 0 Å². The van der Waals surface area contributed by atoms with Gasteiger partial charge in [-0.15, -0.1) is 0 Å². The van der Waals surface area contributed by atoms with Gasteiger partial charge >= 0.3 is 0 Å². The molecule has 0 spiro atoms. The maximum atomic E-state index is 11.2. The van der Waals surface area contributed by atoms with Crippen LogP contribution < -0.4 is 10.8 Å². The van der Waals surface area contributed by atoms with Crippen molar-refractivity contribution in [1.82, 2.24) is 10.5 Å². The molecule has 1 aromatic carbocycles. The Morgan fingerprint density at radius 3 is 3.06 bits per heavy atom. The van der Waals surface area contributed by atoms with Crippen LogP contribution >= 0.6 is 0 Å². The second kappa shape index (κ2) is 5.27. The van der Waals surface area contributed by atoms with Gasteiger partial charge in [-0.2, -0.15) is 0 Å². The molecule has 2 N–H and O–H groups in total. The summed E-state index contributed by atoms with van der Waals surface area (Å²) in [5, 5.41) is 4.00. The Morgan fingerprint density at radius 1 is 1.41 bits per heavy atom. The number of anilines is 1. The molecule has 88 valence electrons. The minimum Gasteiger partial charge on any atom is -0.375 e. The number of hydrogen-bond donors (Lipinski definition) is 2. The fraction of sp³-hybridized carbons (Fsp3) is 0.167. The van der Waals surface area contributed by atoms with E-state index in [1.54, 1.807) is 6.20 Å². The fourth-order valence-electron chi connectivity index (χ4n) is 1.50. The van der Waals surface area contributed by atoms with Crippen molar-refractivity contribution in [3.8, 4) is 0 Å². The highest BCUT2D eigenvalue weighted by Gasteiger charge is 2.01. The molecule has 1 amide bonds. The topological polar surface area (TPSA) is 63.2 Å². The van der Waals surface area contributed by atoms with Crippen molar-refractivity contribution in [3.05, 3.63) is 36.5 Å². The molecule has 1 aromatic heterocycles. The van der Waals surface area contributed by atoms with Gasteiger partial charge in [-0.25, -0.2) is 5.48 Å². The zero-order valence-electron chi connectivity index (χ0n) is 9.43. The molecule has 0 fully saturated rings. The second-order valence-electron chi connectivity index (χ2n) is 3.50. The number of nitrogens with one attached hydrogen (secondary N) is 2. The van der Waals surface area contributed by atoms with E-state index in [0.717, 1.165) is 16.6 Å². The maximum absolute atomic E-state index is 11.2. The van der Waals surface area contributed by atoms with Crippen LogP contribution in [0, 0.1) is 0 Å². The summed E-state index contributed by atoms with van der Waals surface area (Å²) in [5.41, 5.74) is 3.96. The molecule has 5 nitrogen and oxygen atoms in total. The zero-order valence-corrected chi connectivity index (χ0v) is 9.43. The lowest BCUT2D eigenvalue weighted by atomic mass is 10.2. The standard InChI is InChI=1S/C12H13N3O2/c1-17-15-12(16)8-13-10-6-9-4-2-3-5-11(9)14-7-10/h2-7,13H,8H2,1H3,(H,15,16). The molecule has 2 aromatic rings. The van der Waals surface area contributed by atoms with E-state index in [2.05, 4.69) is 20.6 Å². The molecule has 5 heteroatoms. The van der Waals surface area contributed by atoms with Crippen LogP contribution in [0.15, 0.2) is 36.5 Å². The maximum Gasteiger partial charge on any atom is 0.262 e. The predicted molar refractivity (Wildman–Crippen MR) is 65.4 cm³/mol. The van der Waals surface area contributed by atoms with E-state index in [1.165, 1.54) is 7.11 Å². The number of amides is 1. The highest BCUT2D eigenvalue weighted by molar-refractivity contribution is 5.83. The van der Waals surface area contributed by atoms with Gasteiger partial charge in [0.25, 0.3) is 5.91 Å².